The van der Waals surface area contributed by atoms with Crippen molar-refractivity contribution in [2.75, 3.05) is 11.6 Å². The lowest BCUT2D eigenvalue weighted by molar-refractivity contribution is -0.117. The van der Waals surface area contributed by atoms with Gasteiger partial charge in [0.05, 0.1) is 0 Å². The fourth-order valence-corrected chi connectivity index (χ4v) is 1.46. The number of rotatable bonds is 3. The summed E-state index contributed by atoms with van der Waals surface area (Å²) in [5.41, 5.74) is 0. The average molecular weight is 277 g/mol. The van der Waals surface area contributed by atoms with Crippen LogP contribution in [0.2, 0.25) is 5.02 Å². The number of hydrogen-bond acceptors (Lipinski definition) is 4. The van der Waals surface area contributed by atoms with Crippen molar-refractivity contribution in [3.8, 4) is 0 Å². The molecule has 0 fully saturated rings. The van der Waals surface area contributed by atoms with E-state index in [1.165, 1.54) is 26.1 Å². The molecule has 1 aromatic rings. The number of hydrogen-bond donors (Lipinski definition) is 1. The van der Waals surface area contributed by atoms with Crippen molar-refractivity contribution >= 4 is 33.2 Å². The normalized spacial score (nSPS) is 12.2. The van der Waals surface area contributed by atoms with E-state index in [9.17, 15) is 13.2 Å². The maximum atomic E-state index is 11.8. The van der Waals surface area contributed by atoms with Gasteiger partial charge in [0.1, 0.15) is 10.6 Å². The van der Waals surface area contributed by atoms with Crippen molar-refractivity contribution in [3.63, 3.8) is 0 Å². The minimum absolute atomic E-state index is 0.222. The van der Waals surface area contributed by atoms with Crippen molar-refractivity contribution in [1.29, 1.82) is 0 Å². The Morgan fingerprint density at radius 3 is 2.53 bits per heavy atom. The second-order valence-corrected chi connectivity index (χ2v) is 7.10. The number of nitrogens with one attached hydrogen (secondary N) is 1. The zero-order valence-electron chi connectivity index (χ0n) is 9.69. The van der Waals surface area contributed by atoms with Crippen molar-refractivity contribution < 1.29 is 13.2 Å². The Morgan fingerprint density at radius 2 is 2.06 bits per heavy atom. The molecule has 0 radical (unpaired) electrons. The molecule has 0 bridgehead atoms. The quantitative estimate of drug-likeness (QED) is 0.908. The van der Waals surface area contributed by atoms with Crippen LogP contribution in [0.5, 0.6) is 0 Å². The third-order valence-electron chi connectivity index (χ3n) is 2.44. The summed E-state index contributed by atoms with van der Waals surface area (Å²) in [7, 11) is -3.50. The summed E-state index contributed by atoms with van der Waals surface area (Å²) in [6.07, 6.45) is 2.43. The number of carbonyl (C=O) groups excluding carboxylic acids is 1. The van der Waals surface area contributed by atoms with Gasteiger partial charge in [-0.15, -0.1) is 0 Å². The molecule has 0 aromatic carbocycles. The summed E-state index contributed by atoms with van der Waals surface area (Å²) in [6.45, 7) is 2.67. The first-order chi connectivity index (χ1) is 7.64. The summed E-state index contributed by atoms with van der Waals surface area (Å²) in [4.78, 5) is 15.7. The Labute approximate surface area is 105 Å². The van der Waals surface area contributed by atoms with Gasteiger partial charge in [0.25, 0.3) is 0 Å². The lowest BCUT2D eigenvalue weighted by Crippen LogP contribution is -2.44. The number of aromatic nitrogens is 1. The van der Waals surface area contributed by atoms with Crippen molar-refractivity contribution in [2.24, 2.45) is 0 Å². The predicted octanol–water partition coefficient (Wildman–Crippen LogP) is 1.50. The van der Waals surface area contributed by atoms with Gasteiger partial charge in [0.15, 0.2) is 9.84 Å². The lowest BCUT2D eigenvalue weighted by atomic mass is 10.2. The Morgan fingerprint density at radius 1 is 1.47 bits per heavy atom. The Hall–Kier alpha value is -1.14. The number of nitrogens with zero attached hydrogens (tertiary/aromatic N) is 1. The van der Waals surface area contributed by atoms with Crippen LogP contribution in [0.1, 0.15) is 13.8 Å². The topological polar surface area (TPSA) is 76.1 Å². The van der Waals surface area contributed by atoms with E-state index in [4.69, 9.17) is 11.6 Å². The minimum atomic E-state index is -3.50. The standard InChI is InChI=1S/C10H13ClN2O3S/c1-10(2,17(3,15)16)9(14)13-8-6-7(11)4-5-12-8/h4-6H,1-3H3,(H,12,13,14). The van der Waals surface area contributed by atoms with Gasteiger partial charge in [0, 0.05) is 17.5 Å². The molecule has 0 aliphatic carbocycles. The van der Waals surface area contributed by atoms with Gasteiger partial charge in [0.2, 0.25) is 5.91 Å². The van der Waals surface area contributed by atoms with Gasteiger partial charge in [-0.25, -0.2) is 13.4 Å². The maximum Gasteiger partial charge on any atom is 0.246 e. The number of amides is 1. The molecule has 0 aliphatic heterocycles. The molecule has 1 rings (SSSR count). The zero-order chi connectivity index (χ0) is 13.3. The van der Waals surface area contributed by atoms with Crippen LogP contribution in [0, 0.1) is 0 Å². The molecule has 0 atom stereocenters. The molecule has 17 heavy (non-hydrogen) atoms. The first kappa shape index (κ1) is 13.9. The monoisotopic (exact) mass is 276 g/mol. The molecular weight excluding hydrogens is 264 g/mol. The first-order valence-electron chi connectivity index (χ1n) is 4.77. The van der Waals surface area contributed by atoms with Gasteiger partial charge in [-0.2, -0.15) is 0 Å². The summed E-state index contributed by atoms with van der Waals surface area (Å²) in [5, 5.41) is 2.83. The largest absolute Gasteiger partial charge is 0.309 e. The Balaban J connectivity index is 2.95. The number of halogens is 1. The number of carbonyl (C=O) groups is 1. The van der Waals surface area contributed by atoms with Crippen LogP contribution >= 0.6 is 11.6 Å². The van der Waals surface area contributed by atoms with Gasteiger partial charge in [-0.1, -0.05) is 11.6 Å². The summed E-state index contributed by atoms with van der Waals surface area (Å²) in [5.74, 6) is -0.422. The molecule has 1 N–H and O–H groups in total. The van der Waals surface area contributed by atoms with E-state index in [-0.39, 0.29) is 5.82 Å². The Kier molecular flexibility index (Phi) is 3.78. The smallest absolute Gasteiger partial charge is 0.246 e. The van der Waals surface area contributed by atoms with Crippen molar-refractivity contribution in [3.05, 3.63) is 23.4 Å². The first-order valence-corrected chi connectivity index (χ1v) is 7.04. The highest BCUT2D eigenvalue weighted by Crippen LogP contribution is 2.19. The van der Waals surface area contributed by atoms with Gasteiger partial charge in [-0.3, -0.25) is 4.79 Å². The minimum Gasteiger partial charge on any atom is -0.309 e. The van der Waals surface area contributed by atoms with E-state index >= 15 is 0 Å². The number of sulfone groups is 1. The molecule has 0 saturated heterocycles. The van der Waals surface area contributed by atoms with Crippen molar-refractivity contribution in [1.82, 2.24) is 4.98 Å². The molecule has 0 saturated carbocycles. The molecule has 0 aliphatic rings. The fourth-order valence-electron chi connectivity index (χ4n) is 0.908. The maximum absolute atomic E-state index is 11.8. The highest BCUT2D eigenvalue weighted by atomic mass is 35.5. The van der Waals surface area contributed by atoms with Crippen LogP contribution in [-0.4, -0.2) is 30.3 Å². The fraction of sp³-hybridized carbons (Fsp3) is 0.400. The van der Waals surface area contributed by atoms with E-state index in [2.05, 4.69) is 10.3 Å². The molecule has 7 heteroatoms. The van der Waals surface area contributed by atoms with Crippen LogP contribution < -0.4 is 5.32 Å². The summed E-state index contributed by atoms with van der Waals surface area (Å²) < 4.78 is 21.4. The van der Waals surface area contributed by atoms with E-state index in [0.29, 0.717) is 5.02 Å². The SMILES string of the molecule is CC(C)(C(=O)Nc1cc(Cl)ccn1)S(C)(=O)=O. The van der Waals surface area contributed by atoms with E-state index in [0.717, 1.165) is 6.26 Å². The van der Waals surface area contributed by atoms with Crippen LogP contribution in [-0.2, 0) is 14.6 Å². The molecule has 5 nitrogen and oxygen atoms in total. The third kappa shape index (κ3) is 3.17. The highest BCUT2D eigenvalue weighted by Gasteiger charge is 2.38. The molecule has 94 valence electrons. The van der Waals surface area contributed by atoms with Gasteiger partial charge in [-0.05, 0) is 26.0 Å². The van der Waals surface area contributed by atoms with Gasteiger partial charge >= 0.3 is 0 Å². The van der Waals surface area contributed by atoms with Gasteiger partial charge < -0.3 is 5.32 Å². The Bertz CT molecular complexity index is 540. The van der Waals surface area contributed by atoms with E-state index in [1.807, 2.05) is 0 Å². The molecule has 0 unspecified atom stereocenters. The van der Waals surface area contributed by atoms with Crippen LogP contribution in [0.25, 0.3) is 0 Å². The van der Waals surface area contributed by atoms with E-state index < -0.39 is 20.5 Å². The van der Waals surface area contributed by atoms with E-state index in [1.54, 1.807) is 6.07 Å². The highest BCUT2D eigenvalue weighted by molar-refractivity contribution is 7.92. The predicted molar refractivity (Wildman–Crippen MR) is 66.8 cm³/mol. The van der Waals surface area contributed by atoms with Crippen LogP contribution in [0.4, 0.5) is 5.82 Å². The number of pyridine rings is 1. The second kappa shape index (κ2) is 4.62. The lowest BCUT2D eigenvalue weighted by Gasteiger charge is -2.20. The molecule has 1 aromatic heterocycles. The molecule has 1 amide bonds. The van der Waals surface area contributed by atoms with Crippen LogP contribution in [0.3, 0.4) is 0 Å². The summed E-state index contributed by atoms with van der Waals surface area (Å²) >= 11 is 5.72. The van der Waals surface area contributed by atoms with Crippen LogP contribution in [0.15, 0.2) is 18.3 Å². The third-order valence-corrected chi connectivity index (χ3v) is 4.71. The second-order valence-electron chi connectivity index (χ2n) is 4.10. The number of anilines is 1. The average Bonchev–Trinajstić information content (AvgIpc) is 2.15. The molecular formula is C10H13ClN2O3S. The zero-order valence-corrected chi connectivity index (χ0v) is 11.3. The summed E-state index contributed by atoms with van der Waals surface area (Å²) in [6, 6.07) is 3.00. The molecule has 1 heterocycles. The van der Waals surface area contributed by atoms with Crippen molar-refractivity contribution in [2.45, 2.75) is 18.6 Å². The molecule has 0 spiro atoms.